The second kappa shape index (κ2) is 8.75. The number of carbonyl (C=O) groups excluding carboxylic acids is 1. The molecule has 0 bridgehead atoms. The third-order valence-electron chi connectivity index (χ3n) is 5.51. The molecule has 1 amide bonds. The van der Waals surface area contributed by atoms with Gasteiger partial charge in [0.2, 0.25) is 11.9 Å². The van der Waals surface area contributed by atoms with Crippen LogP contribution in [0.15, 0.2) is 42.9 Å². The van der Waals surface area contributed by atoms with Crippen LogP contribution in [0, 0.1) is 0 Å². The van der Waals surface area contributed by atoms with Crippen LogP contribution >= 0.6 is 0 Å². The maximum absolute atomic E-state index is 11.9. The minimum Gasteiger partial charge on any atom is -0.395 e. The first-order valence-corrected chi connectivity index (χ1v) is 10.7. The maximum atomic E-state index is 11.9. The Bertz CT molecular complexity index is 1270. The van der Waals surface area contributed by atoms with Gasteiger partial charge < -0.3 is 25.2 Å². The minimum atomic E-state index is -0.0241. The van der Waals surface area contributed by atoms with E-state index >= 15 is 0 Å². The first-order chi connectivity index (χ1) is 15.7. The number of anilines is 3. The minimum absolute atomic E-state index is 0.0241. The van der Waals surface area contributed by atoms with Crippen molar-refractivity contribution in [2.45, 2.75) is 19.4 Å². The first kappa shape index (κ1) is 20.1. The number of aliphatic hydroxyl groups is 1. The zero-order valence-electron chi connectivity index (χ0n) is 17.5. The zero-order chi connectivity index (χ0) is 21.9. The molecule has 1 fully saturated rings. The van der Waals surface area contributed by atoms with E-state index in [-0.39, 0.29) is 12.5 Å². The van der Waals surface area contributed by atoms with Gasteiger partial charge in [-0.25, -0.2) is 4.98 Å². The van der Waals surface area contributed by atoms with Crippen molar-refractivity contribution in [1.82, 2.24) is 29.4 Å². The molecule has 1 aromatic carbocycles. The van der Waals surface area contributed by atoms with E-state index in [1.54, 1.807) is 12.5 Å². The van der Waals surface area contributed by atoms with Crippen molar-refractivity contribution in [1.29, 1.82) is 0 Å². The van der Waals surface area contributed by atoms with Gasteiger partial charge in [-0.15, -0.1) is 0 Å². The molecule has 164 valence electrons. The molecule has 10 nitrogen and oxygen atoms in total. The van der Waals surface area contributed by atoms with Gasteiger partial charge in [0.15, 0.2) is 17.0 Å². The largest absolute Gasteiger partial charge is 0.395 e. The van der Waals surface area contributed by atoms with E-state index in [0.29, 0.717) is 49.0 Å². The summed E-state index contributed by atoms with van der Waals surface area (Å²) in [6.45, 7) is 2.34. The number of nitrogens with zero attached hydrogens (tertiary/aromatic N) is 6. The van der Waals surface area contributed by atoms with Gasteiger partial charge in [0.1, 0.15) is 0 Å². The van der Waals surface area contributed by atoms with Gasteiger partial charge in [-0.05, 0) is 30.7 Å². The molecule has 3 N–H and O–H groups in total. The summed E-state index contributed by atoms with van der Waals surface area (Å²) in [6, 6.07) is 9.77. The lowest BCUT2D eigenvalue weighted by atomic mass is 10.2. The Hall–Kier alpha value is -3.79. The topological polar surface area (TPSA) is 121 Å². The monoisotopic (exact) mass is 432 g/mol. The lowest BCUT2D eigenvalue weighted by Gasteiger charge is -2.16. The molecule has 5 rings (SSSR count). The fourth-order valence-electron chi connectivity index (χ4n) is 3.91. The van der Waals surface area contributed by atoms with Gasteiger partial charge >= 0.3 is 0 Å². The fraction of sp³-hybridized carbons (Fsp3) is 0.318. The summed E-state index contributed by atoms with van der Waals surface area (Å²) in [4.78, 5) is 31.9. The number of nitrogens with one attached hydrogen (secondary N) is 2. The molecular weight excluding hydrogens is 408 g/mol. The zero-order valence-corrected chi connectivity index (χ0v) is 17.5. The molecule has 1 saturated heterocycles. The summed E-state index contributed by atoms with van der Waals surface area (Å²) in [5.41, 5.74) is 3.04. The Labute approximate surface area is 184 Å². The highest BCUT2D eigenvalue weighted by molar-refractivity contribution is 5.86. The Morgan fingerprint density at radius 3 is 2.91 bits per heavy atom. The van der Waals surface area contributed by atoms with Crippen molar-refractivity contribution >= 4 is 45.4 Å². The van der Waals surface area contributed by atoms with Crippen LogP contribution in [0.4, 0.5) is 17.5 Å². The molecule has 1 aliphatic rings. The highest BCUT2D eigenvalue weighted by atomic mass is 16.3. The Balaban J connectivity index is 1.46. The second-order valence-electron chi connectivity index (χ2n) is 7.68. The van der Waals surface area contributed by atoms with Crippen molar-refractivity contribution in [3.63, 3.8) is 0 Å². The molecule has 4 aromatic rings. The van der Waals surface area contributed by atoms with Crippen molar-refractivity contribution < 1.29 is 9.90 Å². The van der Waals surface area contributed by atoms with Crippen molar-refractivity contribution in [2.24, 2.45) is 0 Å². The highest BCUT2D eigenvalue weighted by Crippen LogP contribution is 2.24. The molecule has 4 heterocycles. The number of imidazole rings is 1. The van der Waals surface area contributed by atoms with Gasteiger partial charge in [-0.3, -0.25) is 9.78 Å². The molecule has 10 heteroatoms. The average molecular weight is 432 g/mol. The van der Waals surface area contributed by atoms with Crippen LogP contribution in [0.5, 0.6) is 0 Å². The third kappa shape index (κ3) is 4.04. The van der Waals surface area contributed by atoms with Gasteiger partial charge in [-0.1, -0.05) is 6.07 Å². The van der Waals surface area contributed by atoms with E-state index in [4.69, 9.17) is 4.98 Å². The van der Waals surface area contributed by atoms with Crippen LogP contribution in [-0.4, -0.2) is 66.7 Å². The predicted octanol–water partition coefficient (Wildman–Crippen LogP) is 2.14. The number of carbonyl (C=O) groups is 1. The van der Waals surface area contributed by atoms with Crippen LogP contribution in [0.1, 0.15) is 12.8 Å². The molecule has 3 aromatic heterocycles. The Morgan fingerprint density at radius 2 is 2.06 bits per heavy atom. The number of aromatic nitrogens is 5. The number of amides is 1. The summed E-state index contributed by atoms with van der Waals surface area (Å²) >= 11 is 0. The molecule has 0 saturated carbocycles. The van der Waals surface area contributed by atoms with E-state index in [1.165, 1.54) is 0 Å². The molecule has 0 unspecified atom stereocenters. The van der Waals surface area contributed by atoms with Crippen LogP contribution in [0.3, 0.4) is 0 Å². The molecule has 0 spiro atoms. The number of aliphatic hydroxyl groups excluding tert-OH is 1. The smallest absolute Gasteiger partial charge is 0.231 e. The van der Waals surface area contributed by atoms with Gasteiger partial charge in [0.05, 0.1) is 18.5 Å². The summed E-state index contributed by atoms with van der Waals surface area (Å²) in [6.07, 6.45) is 5.02. The number of hydrogen-bond donors (Lipinski definition) is 3. The number of pyridine rings is 1. The predicted molar refractivity (Wildman–Crippen MR) is 122 cm³/mol. The van der Waals surface area contributed by atoms with E-state index in [0.717, 1.165) is 29.6 Å². The Morgan fingerprint density at radius 1 is 1.12 bits per heavy atom. The molecule has 1 aliphatic heterocycles. The summed E-state index contributed by atoms with van der Waals surface area (Å²) < 4.78 is 1.93. The highest BCUT2D eigenvalue weighted by Gasteiger charge is 2.20. The van der Waals surface area contributed by atoms with E-state index in [1.807, 2.05) is 39.8 Å². The normalized spacial score (nSPS) is 13.9. The van der Waals surface area contributed by atoms with Gasteiger partial charge in [0, 0.05) is 49.9 Å². The first-order valence-electron chi connectivity index (χ1n) is 10.7. The molecule has 0 radical (unpaired) electrons. The third-order valence-corrected chi connectivity index (χ3v) is 5.51. The van der Waals surface area contributed by atoms with Gasteiger partial charge in [0.25, 0.3) is 0 Å². The number of hydrogen-bond acceptors (Lipinski definition) is 8. The van der Waals surface area contributed by atoms with E-state index < -0.39 is 0 Å². The molecule has 0 atom stereocenters. The van der Waals surface area contributed by atoms with Crippen LogP contribution < -0.4 is 10.6 Å². The average Bonchev–Trinajstić information content (AvgIpc) is 3.41. The number of rotatable bonds is 8. The van der Waals surface area contributed by atoms with E-state index in [2.05, 4.69) is 25.6 Å². The molecule has 0 aliphatic carbocycles. The van der Waals surface area contributed by atoms with Crippen molar-refractivity contribution in [3.05, 3.63) is 42.9 Å². The van der Waals surface area contributed by atoms with Crippen LogP contribution in [0.2, 0.25) is 0 Å². The van der Waals surface area contributed by atoms with Crippen LogP contribution in [-0.2, 0) is 11.3 Å². The quantitative estimate of drug-likeness (QED) is 0.387. The maximum Gasteiger partial charge on any atom is 0.231 e. The summed E-state index contributed by atoms with van der Waals surface area (Å²) in [5, 5.41) is 16.6. The summed E-state index contributed by atoms with van der Waals surface area (Å²) in [7, 11) is 0. The summed E-state index contributed by atoms with van der Waals surface area (Å²) in [5.74, 6) is 1.16. The van der Waals surface area contributed by atoms with E-state index in [9.17, 15) is 9.90 Å². The molecular formula is C22H24N8O2. The Kier molecular flexibility index (Phi) is 5.51. The van der Waals surface area contributed by atoms with Crippen molar-refractivity contribution in [2.75, 3.05) is 36.9 Å². The second-order valence-corrected chi connectivity index (χ2v) is 7.68. The van der Waals surface area contributed by atoms with Gasteiger partial charge in [-0.2, -0.15) is 9.97 Å². The number of likely N-dealkylation sites (tertiary alicyclic amines) is 1. The van der Waals surface area contributed by atoms with Crippen LogP contribution in [0.25, 0.3) is 22.1 Å². The fourth-order valence-corrected chi connectivity index (χ4v) is 3.91. The standard InChI is InChI=1S/C22H24N8O2/c31-12-8-24-20-19-21(30(14-25-19)11-10-29-9-2-4-18(29)32)28-22(27-20)26-16-5-6-17-15(13-16)3-1-7-23-17/h1,3,5-7,13-14,31H,2,4,8-12H2,(H2,24,26,27,28). The number of benzene rings is 1. The molecule has 32 heavy (non-hydrogen) atoms. The lowest BCUT2D eigenvalue weighted by molar-refractivity contribution is -0.127. The van der Waals surface area contributed by atoms with Crippen molar-refractivity contribution in [3.8, 4) is 0 Å². The number of fused-ring (bicyclic) bond motifs is 2. The SMILES string of the molecule is O=C1CCCN1CCn1cnc2c(NCCO)nc(Nc3ccc4ncccc4c3)nc21. The lowest BCUT2D eigenvalue weighted by Crippen LogP contribution is -2.28.